The number of hydrogen-bond donors (Lipinski definition) is 1. The lowest BCUT2D eigenvalue weighted by Crippen LogP contribution is -2.23. The standard InChI is InChI=1S/C19H18N4OS2/c1-11-8-9-12(2)14(10-11)20-17(24)13(3)25-18-21-22-19-23(18)15-6-4-5-7-16(15)26-19/h4-10,13H,1-3H3,(H,20,24). The number of hydrogen-bond acceptors (Lipinski definition) is 5. The monoisotopic (exact) mass is 382 g/mol. The summed E-state index contributed by atoms with van der Waals surface area (Å²) in [4.78, 5) is 13.5. The number of fused-ring (bicyclic) bond motifs is 3. The van der Waals surface area contributed by atoms with Crippen LogP contribution in [0.3, 0.4) is 0 Å². The van der Waals surface area contributed by atoms with E-state index in [1.165, 1.54) is 11.8 Å². The zero-order valence-corrected chi connectivity index (χ0v) is 16.3. The van der Waals surface area contributed by atoms with Gasteiger partial charge in [0.05, 0.1) is 15.5 Å². The molecule has 0 aliphatic heterocycles. The Hall–Kier alpha value is -2.38. The third kappa shape index (κ3) is 3.08. The number of anilines is 1. The third-order valence-corrected chi connectivity index (χ3v) is 6.27. The molecule has 7 heteroatoms. The number of carbonyl (C=O) groups is 1. The van der Waals surface area contributed by atoms with E-state index < -0.39 is 0 Å². The van der Waals surface area contributed by atoms with Gasteiger partial charge in [0.15, 0.2) is 5.16 Å². The van der Waals surface area contributed by atoms with Crippen molar-refractivity contribution in [1.82, 2.24) is 14.6 Å². The van der Waals surface area contributed by atoms with Crippen LogP contribution in [-0.2, 0) is 4.79 Å². The fourth-order valence-corrected chi connectivity index (χ4v) is 4.63. The molecular formula is C19H18N4OS2. The molecule has 0 spiro atoms. The molecule has 1 unspecified atom stereocenters. The second-order valence-electron chi connectivity index (χ2n) is 6.24. The molecule has 0 fully saturated rings. The van der Waals surface area contributed by atoms with Gasteiger partial charge >= 0.3 is 0 Å². The summed E-state index contributed by atoms with van der Waals surface area (Å²) in [5.41, 5.74) is 4.10. The van der Waals surface area contributed by atoms with Crippen LogP contribution in [0.1, 0.15) is 18.1 Å². The van der Waals surface area contributed by atoms with Crippen LogP contribution in [0.4, 0.5) is 5.69 Å². The molecule has 1 amide bonds. The van der Waals surface area contributed by atoms with Gasteiger partial charge in [-0.3, -0.25) is 9.20 Å². The summed E-state index contributed by atoms with van der Waals surface area (Å²) in [6.45, 7) is 5.90. The van der Waals surface area contributed by atoms with Gasteiger partial charge in [0, 0.05) is 5.69 Å². The second kappa shape index (κ2) is 6.74. The van der Waals surface area contributed by atoms with Crippen molar-refractivity contribution in [3.8, 4) is 0 Å². The normalized spacial score (nSPS) is 12.6. The molecule has 1 atom stereocenters. The molecule has 0 saturated heterocycles. The fourth-order valence-electron chi connectivity index (χ4n) is 2.75. The molecule has 2 aromatic heterocycles. The Morgan fingerprint density at radius 1 is 1.19 bits per heavy atom. The predicted molar refractivity (Wildman–Crippen MR) is 108 cm³/mol. The maximum atomic E-state index is 12.7. The van der Waals surface area contributed by atoms with E-state index in [1.807, 2.05) is 61.6 Å². The molecule has 0 bridgehead atoms. The van der Waals surface area contributed by atoms with Crippen LogP contribution in [0, 0.1) is 13.8 Å². The summed E-state index contributed by atoms with van der Waals surface area (Å²) in [5, 5.41) is 12.0. The third-order valence-electron chi connectivity index (χ3n) is 4.21. The number of benzene rings is 2. The number of aromatic nitrogens is 3. The number of aryl methyl sites for hydroxylation is 2. The molecule has 4 aromatic rings. The Morgan fingerprint density at radius 2 is 2.00 bits per heavy atom. The van der Waals surface area contributed by atoms with Gasteiger partial charge in [-0.1, -0.05) is 47.4 Å². The molecule has 5 nitrogen and oxygen atoms in total. The van der Waals surface area contributed by atoms with Crippen molar-refractivity contribution < 1.29 is 4.79 Å². The zero-order chi connectivity index (χ0) is 18.3. The van der Waals surface area contributed by atoms with Gasteiger partial charge in [-0.2, -0.15) is 0 Å². The Balaban J connectivity index is 1.58. The second-order valence-corrected chi connectivity index (χ2v) is 8.56. The first kappa shape index (κ1) is 17.1. The molecule has 0 saturated carbocycles. The van der Waals surface area contributed by atoms with Crippen LogP contribution in [0.15, 0.2) is 47.6 Å². The van der Waals surface area contributed by atoms with E-state index >= 15 is 0 Å². The smallest absolute Gasteiger partial charge is 0.237 e. The van der Waals surface area contributed by atoms with Gasteiger partial charge in [-0.05, 0) is 50.1 Å². The number of para-hydroxylation sites is 1. The van der Waals surface area contributed by atoms with Crippen LogP contribution in [0.25, 0.3) is 15.2 Å². The number of rotatable bonds is 4. The Labute approximate surface area is 159 Å². The van der Waals surface area contributed by atoms with Gasteiger partial charge in [-0.25, -0.2) is 0 Å². The quantitative estimate of drug-likeness (QED) is 0.521. The molecule has 0 aliphatic carbocycles. The molecule has 132 valence electrons. The molecule has 0 radical (unpaired) electrons. The van der Waals surface area contributed by atoms with Gasteiger partial charge in [0.2, 0.25) is 10.9 Å². The number of amides is 1. The minimum Gasteiger partial charge on any atom is -0.325 e. The number of nitrogens with zero attached hydrogens (tertiary/aromatic N) is 3. The molecule has 26 heavy (non-hydrogen) atoms. The van der Waals surface area contributed by atoms with Crippen LogP contribution in [0.2, 0.25) is 0 Å². The average molecular weight is 383 g/mol. The molecule has 4 rings (SSSR count). The fraction of sp³-hybridized carbons (Fsp3) is 0.211. The van der Waals surface area contributed by atoms with Gasteiger partial charge < -0.3 is 5.32 Å². The van der Waals surface area contributed by atoms with E-state index in [0.29, 0.717) is 0 Å². The highest BCUT2D eigenvalue weighted by Crippen LogP contribution is 2.31. The topological polar surface area (TPSA) is 59.3 Å². The lowest BCUT2D eigenvalue weighted by molar-refractivity contribution is -0.115. The van der Waals surface area contributed by atoms with Crippen LogP contribution in [-0.4, -0.2) is 25.8 Å². The summed E-state index contributed by atoms with van der Waals surface area (Å²) >= 11 is 3.02. The van der Waals surface area contributed by atoms with Gasteiger partial charge in [0.25, 0.3) is 0 Å². The van der Waals surface area contributed by atoms with Crippen LogP contribution >= 0.6 is 23.1 Å². The SMILES string of the molecule is Cc1ccc(C)c(NC(=O)C(C)Sc2nnc3sc4ccccc4n23)c1. The lowest BCUT2D eigenvalue weighted by atomic mass is 10.1. The van der Waals surface area contributed by atoms with Crippen LogP contribution in [0.5, 0.6) is 0 Å². The van der Waals surface area contributed by atoms with E-state index in [2.05, 4.69) is 21.6 Å². The van der Waals surface area contributed by atoms with Crippen molar-refractivity contribution in [2.24, 2.45) is 0 Å². The largest absolute Gasteiger partial charge is 0.325 e. The minimum atomic E-state index is -0.291. The summed E-state index contributed by atoms with van der Waals surface area (Å²) in [7, 11) is 0. The summed E-state index contributed by atoms with van der Waals surface area (Å²) in [6, 6.07) is 14.2. The number of thiazole rings is 1. The first-order chi connectivity index (χ1) is 12.5. The Morgan fingerprint density at radius 3 is 2.85 bits per heavy atom. The number of thioether (sulfide) groups is 1. The van der Waals surface area contributed by atoms with E-state index in [9.17, 15) is 4.79 Å². The predicted octanol–water partition coefficient (Wildman–Crippen LogP) is 4.68. The molecule has 2 heterocycles. The zero-order valence-electron chi connectivity index (χ0n) is 14.7. The highest BCUT2D eigenvalue weighted by molar-refractivity contribution is 8.00. The maximum absolute atomic E-state index is 12.7. The van der Waals surface area contributed by atoms with Crippen molar-refractivity contribution in [3.63, 3.8) is 0 Å². The van der Waals surface area contributed by atoms with Crippen molar-refractivity contribution in [2.75, 3.05) is 5.32 Å². The summed E-state index contributed by atoms with van der Waals surface area (Å²) in [6.07, 6.45) is 0. The Kier molecular flexibility index (Phi) is 4.42. The number of nitrogens with one attached hydrogen (secondary N) is 1. The van der Waals surface area contributed by atoms with Crippen molar-refractivity contribution >= 4 is 49.9 Å². The van der Waals surface area contributed by atoms with Crippen molar-refractivity contribution in [3.05, 3.63) is 53.6 Å². The Bertz CT molecular complexity index is 1120. The molecular weight excluding hydrogens is 364 g/mol. The van der Waals surface area contributed by atoms with Crippen LogP contribution < -0.4 is 5.32 Å². The maximum Gasteiger partial charge on any atom is 0.237 e. The highest BCUT2D eigenvalue weighted by Gasteiger charge is 2.20. The summed E-state index contributed by atoms with van der Waals surface area (Å²) < 4.78 is 3.18. The molecule has 1 N–H and O–H groups in total. The number of carbonyl (C=O) groups excluding carboxylic acids is 1. The van der Waals surface area contributed by atoms with Gasteiger partial charge in [0.1, 0.15) is 0 Å². The van der Waals surface area contributed by atoms with E-state index in [4.69, 9.17) is 0 Å². The lowest BCUT2D eigenvalue weighted by Gasteiger charge is -2.13. The van der Waals surface area contributed by atoms with Crippen molar-refractivity contribution in [1.29, 1.82) is 0 Å². The summed E-state index contributed by atoms with van der Waals surface area (Å²) in [5.74, 6) is -0.0417. The average Bonchev–Trinajstić information content (AvgIpc) is 3.18. The first-order valence-electron chi connectivity index (χ1n) is 8.30. The minimum absolute atomic E-state index is 0.0417. The van der Waals surface area contributed by atoms with E-state index in [-0.39, 0.29) is 11.2 Å². The molecule has 2 aromatic carbocycles. The highest BCUT2D eigenvalue weighted by atomic mass is 32.2. The van der Waals surface area contributed by atoms with E-state index in [1.54, 1.807) is 11.3 Å². The van der Waals surface area contributed by atoms with Gasteiger partial charge in [-0.15, -0.1) is 10.2 Å². The first-order valence-corrected chi connectivity index (χ1v) is 10.00. The van der Waals surface area contributed by atoms with Crippen molar-refractivity contribution in [2.45, 2.75) is 31.2 Å². The van der Waals surface area contributed by atoms with E-state index in [0.717, 1.165) is 37.1 Å². The molecule has 0 aliphatic rings.